The molecule has 2 heterocycles. The summed E-state index contributed by atoms with van der Waals surface area (Å²) in [5.74, 6) is 0.857. The first-order valence-electron chi connectivity index (χ1n) is 9.19. The molecule has 1 aromatic rings. The molecule has 0 aliphatic carbocycles. The predicted octanol–water partition coefficient (Wildman–Crippen LogP) is 2.83. The lowest BCUT2D eigenvalue weighted by Crippen LogP contribution is -2.49. The van der Waals surface area contributed by atoms with Crippen LogP contribution in [-0.2, 0) is 16.7 Å². The number of halogens is 1. The standard InChI is InChI=1S/C18H33N5OS.HI/c1-6-19-17(20-11-14(2)23-7-9-24-10-8-23)21-12-16-22-15(13-25-16)18(3,4)5;/h13-14H,6-12H2,1-5H3,(H2,19,20,21);1H. The van der Waals surface area contributed by atoms with Crippen molar-refractivity contribution in [1.29, 1.82) is 0 Å². The molecule has 0 bridgehead atoms. The molecule has 1 aromatic heterocycles. The Hall–Kier alpha value is -0.450. The van der Waals surface area contributed by atoms with Gasteiger partial charge in [0.2, 0.25) is 0 Å². The zero-order chi connectivity index (χ0) is 18.3. The molecule has 1 fully saturated rings. The summed E-state index contributed by atoms with van der Waals surface area (Å²) < 4.78 is 5.42. The van der Waals surface area contributed by atoms with Crippen molar-refractivity contribution in [3.63, 3.8) is 0 Å². The summed E-state index contributed by atoms with van der Waals surface area (Å²) in [6, 6.07) is 0.458. The van der Waals surface area contributed by atoms with Crippen molar-refractivity contribution in [2.75, 3.05) is 39.4 Å². The predicted molar refractivity (Wildman–Crippen MR) is 121 cm³/mol. The highest BCUT2D eigenvalue weighted by atomic mass is 127. The minimum Gasteiger partial charge on any atom is -0.379 e. The van der Waals surface area contributed by atoms with Gasteiger partial charge in [-0.1, -0.05) is 20.8 Å². The van der Waals surface area contributed by atoms with Gasteiger partial charge in [0.1, 0.15) is 5.01 Å². The number of ether oxygens (including phenoxy) is 1. The first-order chi connectivity index (χ1) is 11.9. The summed E-state index contributed by atoms with van der Waals surface area (Å²) in [4.78, 5) is 11.9. The third-order valence-electron chi connectivity index (χ3n) is 4.27. The van der Waals surface area contributed by atoms with Crippen molar-refractivity contribution in [2.24, 2.45) is 4.99 Å². The van der Waals surface area contributed by atoms with E-state index in [0.717, 1.165) is 56.1 Å². The Bertz CT molecular complexity index is 552. The fourth-order valence-electron chi connectivity index (χ4n) is 2.61. The molecule has 0 aromatic carbocycles. The van der Waals surface area contributed by atoms with Gasteiger partial charge in [0.05, 0.1) is 25.5 Å². The van der Waals surface area contributed by atoms with Gasteiger partial charge in [-0.15, -0.1) is 35.3 Å². The molecular weight excluding hydrogens is 461 g/mol. The van der Waals surface area contributed by atoms with Gasteiger partial charge in [-0.2, -0.15) is 0 Å². The van der Waals surface area contributed by atoms with Crippen LogP contribution >= 0.6 is 35.3 Å². The van der Waals surface area contributed by atoms with E-state index in [-0.39, 0.29) is 29.4 Å². The largest absolute Gasteiger partial charge is 0.379 e. The molecule has 150 valence electrons. The highest BCUT2D eigenvalue weighted by molar-refractivity contribution is 14.0. The summed E-state index contributed by atoms with van der Waals surface area (Å²) in [6.45, 7) is 16.9. The van der Waals surface area contributed by atoms with E-state index in [1.165, 1.54) is 0 Å². The maximum atomic E-state index is 5.42. The number of rotatable bonds is 6. The number of hydrogen-bond acceptors (Lipinski definition) is 5. The van der Waals surface area contributed by atoms with Gasteiger partial charge in [0.25, 0.3) is 0 Å². The number of nitrogens with one attached hydrogen (secondary N) is 2. The van der Waals surface area contributed by atoms with E-state index in [1.807, 2.05) is 0 Å². The average molecular weight is 495 g/mol. The maximum Gasteiger partial charge on any atom is 0.191 e. The van der Waals surface area contributed by atoms with Crippen molar-refractivity contribution < 1.29 is 4.74 Å². The molecule has 1 aliphatic rings. The van der Waals surface area contributed by atoms with E-state index in [9.17, 15) is 0 Å². The monoisotopic (exact) mass is 495 g/mol. The zero-order valence-electron chi connectivity index (χ0n) is 16.7. The lowest BCUT2D eigenvalue weighted by molar-refractivity contribution is 0.0211. The highest BCUT2D eigenvalue weighted by Crippen LogP contribution is 2.24. The van der Waals surface area contributed by atoms with Crippen LogP contribution in [0.3, 0.4) is 0 Å². The van der Waals surface area contributed by atoms with E-state index in [1.54, 1.807) is 11.3 Å². The van der Waals surface area contributed by atoms with Crippen LogP contribution in [0, 0.1) is 0 Å². The summed E-state index contributed by atoms with van der Waals surface area (Å²) in [5, 5.41) is 9.98. The van der Waals surface area contributed by atoms with E-state index >= 15 is 0 Å². The van der Waals surface area contributed by atoms with Crippen molar-refractivity contribution in [2.45, 2.75) is 52.6 Å². The highest BCUT2D eigenvalue weighted by Gasteiger charge is 2.18. The van der Waals surface area contributed by atoms with Gasteiger partial charge in [0.15, 0.2) is 5.96 Å². The number of hydrogen-bond donors (Lipinski definition) is 2. The van der Waals surface area contributed by atoms with Gasteiger partial charge < -0.3 is 15.4 Å². The molecule has 1 aliphatic heterocycles. The zero-order valence-corrected chi connectivity index (χ0v) is 19.8. The smallest absolute Gasteiger partial charge is 0.191 e. The Labute approximate surface area is 179 Å². The molecule has 0 spiro atoms. The summed E-state index contributed by atoms with van der Waals surface area (Å²) >= 11 is 1.69. The average Bonchev–Trinajstić information content (AvgIpc) is 3.07. The lowest BCUT2D eigenvalue weighted by atomic mass is 9.93. The fraction of sp³-hybridized carbons (Fsp3) is 0.778. The molecule has 6 nitrogen and oxygen atoms in total. The van der Waals surface area contributed by atoms with E-state index in [2.05, 4.69) is 55.5 Å². The number of thiazole rings is 1. The summed E-state index contributed by atoms with van der Waals surface area (Å²) in [5.41, 5.74) is 1.23. The number of aliphatic imine (C=N–C) groups is 1. The molecule has 1 saturated heterocycles. The third kappa shape index (κ3) is 7.66. The Kier molecular flexibility index (Phi) is 10.3. The Morgan fingerprint density at radius 3 is 2.62 bits per heavy atom. The van der Waals surface area contributed by atoms with Crippen molar-refractivity contribution in [1.82, 2.24) is 20.5 Å². The van der Waals surface area contributed by atoms with Crippen LogP contribution in [-0.4, -0.2) is 61.3 Å². The summed E-state index contributed by atoms with van der Waals surface area (Å²) in [6.07, 6.45) is 0. The minimum atomic E-state index is 0. The van der Waals surface area contributed by atoms with Crippen LogP contribution in [0.15, 0.2) is 10.4 Å². The van der Waals surface area contributed by atoms with Gasteiger partial charge in [-0.3, -0.25) is 4.90 Å². The van der Waals surface area contributed by atoms with Gasteiger partial charge in [-0.05, 0) is 13.8 Å². The SMILES string of the molecule is CCNC(=NCc1nc(C(C)(C)C)cs1)NCC(C)N1CCOCC1.I. The van der Waals surface area contributed by atoms with Crippen LogP contribution in [0.5, 0.6) is 0 Å². The molecule has 26 heavy (non-hydrogen) atoms. The van der Waals surface area contributed by atoms with Crippen LogP contribution in [0.1, 0.15) is 45.3 Å². The van der Waals surface area contributed by atoms with Crippen molar-refractivity contribution in [3.05, 3.63) is 16.1 Å². The number of aromatic nitrogens is 1. The van der Waals surface area contributed by atoms with Crippen LogP contribution < -0.4 is 10.6 Å². The van der Waals surface area contributed by atoms with E-state index in [4.69, 9.17) is 14.7 Å². The Morgan fingerprint density at radius 1 is 1.35 bits per heavy atom. The number of guanidine groups is 1. The fourth-order valence-corrected chi connectivity index (χ4v) is 3.55. The van der Waals surface area contributed by atoms with E-state index in [0.29, 0.717) is 12.6 Å². The molecule has 2 rings (SSSR count). The molecule has 0 radical (unpaired) electrons. The topological polar surface area (TPSA) is 61.8 Å². The molecule has 1 unspecified atom stereocenters. The van der Waals surface area contributed by atoms with E-state index < -0.39 is 0 Å². The maximum absolute atomic E-state index is 5.42. The first-order valence-corrected chi connectivity index (χ1v) is 10.1. The first kappa shape index (κ1) is 23.6. The van der Waals surface area contributed by atoms with Crippen LogP contribution in [0.25, 0.3) is 0 Å². The van der Waals surface area contributed by atoms with Crippen LogP contribution in [0.2, 0.25) is 0 Å². The second-order valence-electron chi connectivity index (χ2n) is 7.45. The quantitative estimate of drug-likeness (QED) is 0.361. The summed E-state index contributed by atoms with van der Waals surface area (Å²) in [7, 11) is 0. The molecule has 1 atom stereocenters. The molecule has 0 amide bonds. The second-order valence-corrected chi connectivity index (χ2v) is 8.39. The van der Waals surface area contributed by atoms with Gasteiger partial charge in [-0.25, -0.2) is 9.98 Å². The van der Waals surface area contributed by atoms with Crippen molar-refractivity contribution in [3.8, 4) is 0 Å². The Balaban J connectivity index is 0.00000338. The van der Waals surface area contributed by atoms with Gasteiger partial charge >= 0.3 is 0 Å². The minimum absolute atomic E-state index is 0. The Morgan fingerprint density at radius 2 is 2.04 bits per heavy atom. The van der Waals surface area contributed by atoms with Crippen molar-refractivity contribution >= 4 is 41.3 Å². The second kappa shape index (κ2) is 11.4. The number of nitrogens with zero attached hydrogens (tertiary/aromatic N) is 3. The lowest BCUT2D eigenvalue weighted by Gasteiger charge is -2.32. The number of morpholine rings is 1. The molecule has 8 heteroatoms. The molecule has 2 N–H and O–H groups in total. The third-order valence-corrected chi connectivity index (χ3v) is 5.10. The normalized spacial score (nSPS) is 17.5. The molecular formula is C18H34IN5OS. The molecule has 0 saturated carbocycles. The van der Waals surface area contributed by atoms with Crippen LogP contribution in [0.4, 0.5) is 0 Å². The van der Waals surface area contributed by atoms with Gasteiger partial charge in [0, 0.05) is 43.0 Å².